The van der Waals surface area contributed by atoms with Gasteiger partial charge in [0.1, 0.15) is 30.7 Å². The van der Waals surface area contributed by atoms with E-state index in [0.717, 1.165) is 22.3 Å². The zero-order valence-electron chi connectivity index (χ0n) is 26.5. The molecular formula is C34H44NaO10P. The Kier molecular flexibility index (Phi) is 11.7. The molecule has 3 aliphatic rings. The van der Waals surface area contributed by atoms with E-state index in [1.165, 1.54) is 0 Å². The van der Waals surface area contributed by atoms with E-state index in [1.807, 2.05) is 93.6 Å². The number of benzene rings is 3. The predicted molar refractivity (Wildman–Crippen MR) is 174 cm³/mol. The summed E-state index contributed by atoms with van der Waals surface area (Å²) >= 11 is 0. The topological polar surface area (TPSA) is 133 Å². The molecule has 3 fully saturated rings. The third-order valence-electron chi connectivity index (χ3n) is 7.88. The Hall–Kier alpha value is -1.63. The number of hydrogen-bond donors (Lipinski definition) is 3. The van der Waals surface area contributed by atoms with Crippen LogP contribution in [0.5, 0.6) is 5.75 Å². The fraction of sp³-hybridized carbons (Fsp3) is 0.471. The van der Waals surface area contributed by atoms with Crippen molar-refractivity contribution in [2.24, 2.45) is 0 Å². The first-order chi connectivity index (χ1) is 21.0. The maximum absolute atomic E-state index is 11.0. The van der Waals surface area contributed by atoms with Crippen LogP contribution in [-0.2, 0) is 39.1 Å². The second-order valence-electron chi connectivity index (χ2n) is 13.6. The van der Waals surface area contributed by atoms with Gasteiger partial charge in [0.2, 0.25) is 5.79 Å². The van der Waals surface area contributed by atoms with Crippen LogP contribution in [0, 0.1) is 0 Å². The van der Waals surface area contributed by atoms with E-state index in [9.17, 15) is 9.67 Å². The molecule has 46 heavy (non-hydrogen) atoms. The summed E-state index contributed by atoms with van der Waals surface area (Å²) in [6.45, 7) is 12.6. The Morgan fingerprint density at radius 3 is 1.89 bits per heavy atom. The Morgan fingerprint density at radius 1 is 0.804 bits per heavy atom. The van der Waals surface area contributed by atoms with Gasteiger partial charge in [-0.15, -0.1) is 0 Å². The number of phosphoric acid groups is 1. The fourth-order valence-electron chi connectivity index (χ4n) is 5.53. The van der Waals surface area contributed by atoms with Crippen molar-refractivity contribution in [3.8, 4) is 5.75 Å². The molecule has 3 N–H and O–H groups in total. The first-order valence-electron chi connectivity index (χ1n) is 15.0. The molecule has 0 spiro atoms. The third-order valence-corrected chi connectivity index (χ3v) is 8.32. The monoisotopic (exact) mass is 666 g/mol. The Bertz CT molecular complexity index is 1490. The number of aliphatic hydroxyl groups is 1. The van der Waals surface area contributed by atoms with Crippen LogP contribution in [0.2, 0.25) is 0 Å². The Morgan fingerprint density at radius 2 is 1.37 bits per heavy atom. The molecule has 12 heteroatoms. The number of hydrogen-bond acceptors (Lipinski definition) is 8. The van der Waals surface area contributed by atoms with Crippen molar-refractivity contribution in [2.75, 3.05) is 13.2 Å². The van der Waals surface area contributed by atoms with E-state index in [2.05, 4.69) is 20.8 Å². The molecule has 3 aromatic carbocycles. The molecule has 10 nitrogen and oxygen atoms in total. The molecule has 246 valence electrons. The quantitative estimate of drug-likeness (QED) is 0.245. The van der Waals surface area contributed by atoms with Crippen LogP contribution in [0.25, 0.3) is 0 Å². The molecule has 0 radical (unpaired) electrons. The summed E-state index contributed by atoms with van der Waals surface area (Å²) in [4.78, 5) is 18.0. The molecule has 0 bridgehead atoms. The average Bonchev–Trinajstić information content (AvgIpc) is 3.27. The van der Waals surface area contributed by atoms with Gasteiger partial charge >= 0.3 is 37.4 Å². The normalized spacial score (nSPS) is 27.7. The van der Waals surface area contributed by atoms with Crippen LogP contribution < -0.4 is 4.52 Å². The van der Waals surface area contributed by atoms with E-state index >= 15 is 0 Å². The number of ether oxygens (including phenoxy) is 5. The summed E-state index contributed by atoms with van der Waals surface area (Å²) in [5, 5.41) is 10.9. The molecule has 6 atom stereocenters. The van der Waals surface area contributed by atoms with Crippen molar-refractivity contribution >= 4 is 37.4 Å². The van der Waals surface area contributed by atoms with Crippen LogP contribution in [0.3, 0.4) is 0 Å². The fourth-order valence-corrected chi connectivity index (χ4v) is 5.94. The Labute approximate surface area is 292 Å². The Balaban J connectivity index is 0.000000216. The summed E-state index contributed by atoms with van der Waals surface area (Å²) < 4.78 is 45.3. The second kappa shape index (κ2) is 14.5. The van der Waals surface area contributed by atoms with E-state index < -0.39 is 44.5 Å². The summed E-state index contributed by atoms with van der Waals surface area (Å²) in [5.74, 6) is -1.29. The van der Waals surface area contributed by atoms with Crippen LogP contribution >= 0.6 is 7.82 Å². The molecule has 6 rings (SSSR count). The van der Waals surface area contributed by atoms with Gasteiger partial charge in [-0.1, -0.05) is 114 Å². The minimum atomic E-state index is -4.54. The second-order valence-corrected chi connectivity index (χ2v) is 14.7. The van der Waals surface area contributed by atoms with Gasteiger partial charge in [0.15, 0.2) is 12.6 Å². The molecule has 3 heterocycles. The zero-order chi connectivity index (χ0) is 32.6. The van der Waals surface area contributed by atoms with Crippen molar-refractivity contribution in [3.05, 3.63) is 101 Å². The summed E-state index contributed by atoms with van der Waals surface area (Å²) in [6, 6.07) is 24.8. The van der Waals surface area contributed by atoms with E-state index in [1.54, 1.807) is 6.07 Å². The number of fused-ring (bicyclic) bond motifs is 3. The molecular weight excluding hydrogens is 622 g/mol. The average molecular weight is 667 g/mol. The molecule has 2 unspecified atom stereocenters. The SMILES string of the molecule is CC(C)(C)c1ccc(OP(=O)(O)O)c(C(C)(C)C)c1.O[C@]12COC(c3ccccc3)O[C@@H]1[C@H]1OC(c3ccccc3)OC[C@H]1O2.[NaH]. The van der Waals surface area contributed by atoms with Gasteiger partial charge in [0, 0.05) is 16.7 Å². The van der Waals surface area contributed by atoms with E-state index in [0.29, 0.717) is 6.61 Å². The predicted octanol–water partition coefficient (Wildman–Crippen LogP) is 5.41. The van der Waals surface area contributed by atoms with Crippen molar-refractivity contribution in [1.29, 1.82) is 0 Å². The first-order valence-corrected chi connectivity index (χ1v) is 16.5. The molecule has 3 saturated heterocycles. The van der Waals surface area contributed by atoms with Crippen LogP contribution in [0.4, 0.5) is 0 Å². The summed E-state index contributed by atoms with van der Waals surface area (Å²) in [5.41, 5.74) is 3.43. The summed E-state index contributed by atoms with van der Waals surface area (Å²) in [7, 11) is -4.54. The molecule has 0 aliphatic carbocycles. The van der Waals surface area contributed by atoms with E-state index in [4.69, 9.17) is 38.0 Å². The van der Waals surface area contributed by atoms with Crippen LogP contribution in [0.1, 0.15) is 76.4 Å². The van der Waals surface area contributed by atoms with Gasteiger partial charge in [0.05, 0.1) is 6.61 Å². The van der Waals surface area contributed by atoms with Crippen LogP contribution in [-0.4, -0.2) is 81.8 Å². The standard InChI is InChI=1S/C20H20O6.C14H23O4P.Na.H/c21-20-12-23-19(14-9-5-2-6-10-14)25-17(20)16-15(26-20)11-22-18(24-16)13-7-3-1-4-8-13;1-13(2,3)10-7-8-12(18-19(15,16)17)11(9-10)14(4,5)6;;/h1-10,15-19,21H,11-12H2;7-9H,1-6H3,(H2,15,16,17);;/t15-,16+,17-,18?,19?,20+;;;/m1.../s1. The van der Waals surface area contributed by atoms with Crippen molar-refractivity contribution in [1.82, 2.24) is 0 Å². The van der Waals surface area contributed by atoms with Gasteiger partial charge in [0.25, 0.3) is 0 Å². The molecule has 3 aliphatic heterocycles. The number of rotatable bonds is 4. The molecule has 0 aromatic heterocycles. The van der Waals surface area contributed by atoms with Gasteiger partial charge < -0.3 is 33.3 Å². The zero-order valence-corrected chi connectivity index (χ0v) is 27.3. The van der Waals surface area contributed by atoms with Crippen molar-refractivity contribution in [2.45, 2.75) is 89.1 Å². The van der Waals surface area contributed by atoms with Gasteiger partial charge in [-0.25, -0.2) is 4.57 Å². The van der Waals surface area contributed by atoms with Crippen LogP contribution in [0.15, 0.2) is 78.9 Å². The van der Waals surface area contributed by atoms with Gasteiger partial charge in [-0.3, -0.25) is 9.79 Å². The summed E-state index contributed by atoms with van der Waals surface area (Å²) in [6.07, 6.45) is -2.56. The van der Waals surface area contributed by atoms with E-state index in [-0.39, 0.29) is 52.7 Å². The van der Waals surface area contributed by atoms with Crippen molar-refractivity contribution in [3.63, 3.8) is 0 Å². The third kappa shape index (κ3) is 8.88. The molecule has 0 amide bonds. The van der Waals surface area contributed by atoms with Gasteiger partial charge in [-0.05, 0) is 22.5 Å². The maximum atomic E-state index is 11.0. The first kappa shape index (κ1) is 37.2. The number of phosphoric ester groups is 1. The molecule has 3 aromatic rings. The minimum absolute atomic E-state index is 0. The van der Waals surface area contributed by atoms with Crippen molar-refractivity contribution < 1.29 is 47.7 Å². The molecule has 0 saturated carbocycles. The van der Waals surface area contributed by atoms with Gasteiger partial charge in [-0.2, -0.15) is 0 Å².